The molecular weight excluding hydrogens is 532 g/mol. The Balaban J connectivity index is 1.50. The van der Waals surface area contributed by atoms with Crippen LogP contribution in [0.25, 0.3) is 10.6 Å². The van der Waals surface area contributed by atoms with E-state index in [2.05, 4.69) is 64.0 Å². The van der Waals surface area contributed by atoms with E-state index in [1.54, 1.807) is 18.4 Å². The van der Waals surface area contributed by atoms with Crippen LogP contribution in [-0.2, 0) is 32.0 Å². The molecular formula is C29H40N4O4S2. The van der Waals surface area contributed by atoms with Gasteiger partial charge in [-0.3, -0.25) is 4.79 Å². The molecule has 1 aromatic carbocycles. The second-order valence-electron chi connectivity index (χ2n) is 12.4. The smallest absolute Gasteiger partial charge is 0.242 e. The molecule has 1 fully saturated rings. The van der Waals surface area contributed by atoms with Gasteiger partial charge in [0.25, 0.3) is 0 Å². The highest BCUT2D eigenvalue weighted by Crippen LogP contribution is 2.43. The third-order valence-corrected chi connectivity index (χ3v) is 9.17. The monoisotopic (exact) mass is 572 g/mol. The highest BCUT2D eigenvalue weighted by molar-refractivity contribution is 7.90. The van der Waals surface area contributed by atoms with E-state index < -0.39 is 9.84 Å². The standard InChI is InChI=1S/C29H40N4O4S2/c1-28(2,3)21-15-20(16-22(25(21)37-7)29(4,5)6)26-31-23(18-38-26)19-9-12-32(13-10-19)24(34)17-33-14-11-30-27(33)39(8,35)36/h11,14-16,18-19H,9-10,12-13,17H2,1-8H3. The largest absolute Gasteiger partial charge is 0.496 e. The Hall–Kier alpha value is -2.72. The quantitative estimate of drug-likeness (QED) is 0.392. The van der Waals surface area contributed by atoms with E-state index in [9.17, 15) is 13.2 Å². The zero-order chi connectivity index (χ0) is 28.8. The third-order valence-electron chi connectivity index (χ3n) is 7.26. The van der Waals surface area contributed by atoms with Crippen LogP contribution in [0.2, 0.25) is 0 Å². The van der Waals surface area contributed by atoms with E-state index in [0.717, 1.165) is 41.1 Å². The molecule has 1 aliphatic heterocycles. The number of imidazole rings is 1. The first-order valence-electron chi connectivity index (χ1n) is 13.3. The third kappa shape index (κ3) is 6.38. The molecule has 0 unspecified atom stereocenters. The van der Waals surface area contributed by atoms with Crippen LogP contribution >= 0.6 is 11.3 Å². The number of carbonyl (C=O) groups is 1. The Morgan fingerprint density at radius 1 is 1.08 bits per heavy atom. The number of methoxy groups -OCH3 is 1. The summed E-state index contributed by atoms with van der Waals surface area (Å²) in [5, 5.41) is 3.07. The molecule has 4 rings (SSSR count). The lowest BCUT2D eigenvalue weighted by Crippen LogP contribution is -2.40. The van der Waals surface area contributed by atoms with Gasteiger partial charge in [0, 0.05) is 59.7 Å². The van der Waals surface area contributed by atoms with Crippen LogP contribution in [-0.4, -0.2) is 60.2 Å². The fourth-order valence-electron chi connectivity index (χ4n) is 5.11. The number of hydrogen-bond donors (Lipinski definition) is 0. The van der Waals surface area contributed by atoms with Gasteiger partial charge in [0.1, 0.15) is 17.3 Å². The molecule has 3 aromatic rings. The van der Waals surface area contributed by atoms with Crippen LogP contribution in [0.5, 0.6) is 5.75 Å². The van der Waals surface area contributed by atoms with Crippen LogP contribution in [0.3, 0.4) is 0 Å². The van der Waals surface area contributed by atoms with Gasteiger partial charge in [-0.2, -0.15) is 0 Å². The number of nitrogens with zero attached hydrogens (tertiary/aromatic N) is 4. The summed E-state index contributed by atoms with van der Waals surface area (Å²) in [4.78, 5) is 23.7. The number of likely N-dealkylation sites (tertiary alicyclic amines) is 1. The summed E-state index contributed by atoms with van der Waals surface area (Å²) in [5.41, 5.74) is 4.36. The molecule has 0 aliphatic carbocycles. The number of piperidine rings is 1. The first kappa shape index (κ1) is 29.3. The zero-order valence-corrected chi connectivity index (χ0v) is 25.9. The second-order valence-corrected chi connectivity index (χ2v) is 15.2. The first-order valence-corrected chi connectivity index (χ1v) is 16.0. The average molecular weight is 573 g/mol. The van der Waals surface area contributed by atoms with E-state index in [1.807, 2.05) is 4.90 Å². The lowest BCUT2D eigenvalue weighted by atomic mass is 9.78. The van der Waals surface area contributed by atoms with E-state index in [0.29, 0.717) is 13.1 Å². The van der Waals surface area contributed by atoms with Gasteiger partial charge in [0.05, 0.1) is 12.8 Å². The van der Waals surface area contributed by atoms with Crippen molar-refractivity contribution in [2.24, 2.45) is 0 Å². The number of sulfone groups is 1. The van der Waals surface area contributed by atoms with Gasteiger partial charge in [-0.25, -0.2) is 18.4 Å². The molecule has 212 valence electrons. The Kier molecular flexibility index (Phi) is 8.02. The minimum atomic E-state index is -3.49. The summed E-state index contributed by atoms with van der Waals surface area (Å²) in [6.45, 7) is 14.4. The first-order chi connectivity index (χ1) is 18.1. The maximum absolute atomic E-state index is 12.9. The van der Waals surface area contributed by atoms with Crippen LogP contribution < -0.4 is 4.74 Å². The van der Waals surface area contributed by atoms with Crippen LogP contribution in [0.1, 0.15) is 77.1 Å². The molecule has 39 heavy (non-hydrogen) atoms. The summed E-state index contributed by atoms with van der Waals surface area (Å²) in [6, 6.07) is 4.44. The maximum atomic E-state index is 12.9. The predicted molar refractivity (Wildman–Crippen MR) is 155 cm³/mol. The Labute approximate surface area is 236 Å². The van der Waals surface area contributed by atoms with E-state index in [4.69, 9.17) is 9.72 Å². The van der Waals surface area contributed by atoms with Crippen LogP contribution in [0.4, 0.5) is 0 Å². The minimum absolute atomic E-state index is 0.0301. The summed E-state index contributed by atoms with van der Waals surface area (Å²) < 4.78 is 31.2. The van der Waals surface area contributed by atoms with Gasteiger partial charge in [-0.05, 0) is 35.8 Å². The topological polar surface area (TPSA) is 94.4 Å². The molecule has 0 bridgehead atoms. The molecule has 1 amide bonds. The van der Waals surface area contributed by atoms with Gasteiger partial charge in [0.2, 0.25) is 20.9 Å². The highest BCUT2D eigenvalue weighted by atomic mass is 32.2. The Bertz CT molecular complexity index is 1420. The fourth-order valence-corrected chi connectivity index (χ4v) is 6.80. The number of carbonyl (C=O) groups excluding carboxylic acids is 1. The number of hydrogen-bond acceptors (Lipinski definition) is 7. The Morgan fingerprint density at radius 3 is 2.18 bits per heavy atom. The SMILES string of the molecule is COc1c(C(C)(C)C)cc(-c2nc(C3CCN(C(=O)Cn4ccnc4S(C)(=O)=O)CC3)cs2)cc1C(C)(C)C. The van der Waals surface area contributed by atoms with Crippen molar-refractivity contribution in [1.29, 1.82) is 0 Å². The molecule has 10 heteroatoms. The highest BCUT2D eigenvalue weighted by Gasteiger charge is 2.30. The van der Waals surface area contributed by atoms with Crippen LogP contribution in [0, 0.1) is 0 Å². The number of amides is 1. The number of rotatable bonds is 6. The predicted octanol–water partition coefficient (Wildman–Crippen LogP) is 5.42. The number of thiazole rings is 1. The second kappa shape index (κ2) is 10.7. The van der Waals surface area contributed by atoms with E-state index >= 15 is 0 Å². The van der Waals surface area contributed by atoms with Gasteiger partial charge in [0.15, 0.2) is 0 Å². The molecule has 0 atom stereocenters. The minimum Gasteiger partial charge on any atom is -0.496 e. The maximum Gasteiger partial charge on any atom is 0.242 e. The van der Waals surface area contributed by atoms with Crippen molar-refractivity contribution in [3.05, 3.63) is 46.7 Å². The molecule has 0 N–H and O–H groups in total. The molecule has 1 saturated heterocycles. The zero-order valence-electron chi connectivity index (χ0n) is 24.2. The molecule has 3 heterocycles. The van der Waals surface area contributed by atoms with Crippen molar-refractivity contribution in [2.45, 2.75) is 82.8 Å². The molecule has 1 aliphatic rings. The molecule has 0 saturated carbocycles. The Morgan fingerprint density at radius 2 is 1.67 bits per heavy atom. The number of benzene rings is 1. The van der Waals surface area contributed by atoms with Crippen molar-refractivity contribution in [3.8, 4) is 16.3 Å². The van der Waals surface area contributed by atoms with Crippen molar-refractivity contribution in [3.63, 3.8) is 0 Å². The molecule has 8 nitrogen and oxygen atoms in total. The summed E-state index contributed by atoms with van der Waals surface area (Å²) in [5.74, 6) is 1.13. The molecule has 0 spiro atoms. The van der Waals surface area contributed by atoms with Gasteiger partial charge >= 0.3 is 0 Å². The summed E-state index contributed by atoms with van der Waals surface area (Å²) in [6.07, 6.45) is 5.69. The van der Waals surface area contributed by atoms with Crippen molar-refractivity contribution < 1.29 is 17.9 Å². The van der Waals surface area contributed by atoms with E-state index in [-0.39, 0.29) is 34.4 Å². The van der Waals surface area contributed by atoms with Gasteiger partial charge < -0.3 is 14.2 Å². The average Bonchev–Trinajstić information content (AvgIpc) is 3.52. The van der Waals surface area contributed by atoms with E-state index in [1.165, 1.54) is 28.1 Å². The molecule has 2 aromatic heterocycles. The summed E-state index contributed by atoms with van der Waals surface area (Å²) >= 11 is 1.66. The van der Waals surface area contributed by atoms with Crippen molar-refractivity contribution >= 4 is 27.1 Å². The normalized spacial score (nSPS) is 15.5. The van der Waals surface area contributed by atoms with Crippen molar-refractivity contribution in [1.82, 2.24) is 19.4 Å². The fraction of sp³-hybridized carbons (Fsp3) is 0.552. The van der Waals surface area contributed by atoms with Crippen LogP contribution in [0.15, 0.2) is 35.1 Å². The van der Waals surface area contributed by atoms with Gasteiger partial charge in [-0.1, -0.05) is 41.5 Å². The number of ether oxygens (including phenoxy) is 1. The lowest BCUT2D eigenvalue weighted by molar-refractivity contribution is -0.133. The summed E-state index contributed by atoms with van der Waals surface area (Å²) in [7, 11) is -1.74. The number of aromatic nitrogens is 3. The van der Waals surface area contributed by atoms with Crippen molar-refractivity contribution in [2.75, 3.05) is 26.5 Å². The molecule has 0 radical (unpaired) electrons. The van der Waals surface area contributed by atoms with Gasteiger partial charge in [-0.15, -0.1) is 11.3 Å². The lowest BCUT2D eigenvalue weighted by Gasteiger charge is -2.31.